The third-order valence-corrected chi connectivity index (χ3v) is 3.90. The number of halogens is 1. The fourth-order valence-electron chi connectivity index (χ4n) is 2.26. The number of anilines is 2. The largest absolute Gasteiger partial charge is 0.497 e. The van der Waals surface area contributed by atoms with Gasteiger partial charge >= 0.3 is 0 Å². The zero-order valence-electron chi connectivity index (χ0n) is 13.9. The van der Waals surface area contributed by atoms with Crippen LogP contribution < -0.4 is 15.4 Å². The highest BCUT2D eigenvalue weighted by Crippen LogP contribution is 2.14. The molecule has 1 heterocycles. The third kappa shape index (κ3) is 5.09. The molecule has 5 nitrogen and oxygen atoms in total. The minimum absolute atomic E-state index is 0.578. The molecule has 0 saturated carbocycles. The smallest absolute Gasteiger partial charge is 0.224 e. The monoisotopic (exact) mass is 354 g/mol. The number of methoxy groups -OCH3 is 1. The molecule has 0 bridgehead atoms. The molecule has 6 heteroatoms. The molecule has 25 heavy (non-hydrogen) atoms. The summed E-state index contributed by atoms with van der Waals surface area (Å²) >= 11 is 5.89. The molecule has 0 saturated heterocycles. The average molecular weight is 355 g/mol. The van der Waals surface area contributed by atoms with Crippen LogP contribution in [0.25, 0.3) is 0 Å². The van der Waals surface area contributed by atoms with Gasteiger partial charge < -0.3 is 15.4 Å². The summed E-state index contributed by atoms with van der Waals surface area (Å²) in [5.41, 5.74) is 2.26. The standard InChI is InChI=1S/C19H19ClN4O/c1-25-17-8-4-15(5-9-17)12-22-18-10-11-21-19(24-18)23-13-14-2-6-16(20)7-3-14/h2-11H,12-13H2,1H3,(H2,21,22,23,24). The van der Waals surface area contributed by atoms with Gasteiger partial charge in [-0.15, -0.1) is 0 Å². The van der Waals surface area contributed by atoms with Crippen molar-refractivity contribution in [3.05, 3.63) is 76.9 Å². The molecule has 128 valence electrons. The van der Waals surface area contributed by atoms with Crippen LogP contribution in [0, 0.1) is 0 Å². The van der Waals surface area contributed by atoms with E-state index < -0.39 is 0 Å². The fraction of sp³-hybridized carbons (Fsp3) is 0.158. The first kappa shape index (κ1) is 17.0. The predicted octanol–water partition coefficient (Wildman–Crippen LogP) is 4.36. The Morgan fingerprint density at radius 3 is 2.20 bits per heavy atom. The highest BCUT2D eigenvalue weighted by atomic mass is 35.5. The highest BCUT2D eigenvalue weighted by Gasteiger charge is 2.01. The predicted molar refractivity (Wildman–Crippen MR) is 101 cm³/mol. The van der Waals surface area contributed by atoms with Gasteiger partial charge in [-0.3, -0.25) is 0 Å². The minimum Gasteiger partial charge on any atom is -0.497 e. The van der Waals surface area contributed by atoms with Crippen LogP contribution in [0.1, 0.15) is 11.1 Å². The Labute approximate surface area is 152 Å². The van der Waals surface area contributed by atoms with Gasteiger partial charge in [0, 0.05) is 24.3 Å². The first-order valence-electron chi connectivity index (χ1n) is 7.91. The Balaban J connectivity index is 1.56. The van der Waals surface area contributed by atoms with E-state index in [2.05, 4.69) is 20.6 Å². The van der Waals surface area contributed by atoms with Crippen molar-refractivity contribution < 1.29 is 4.74 Å². The zero-order valence-corrected chi connectivity index (χ0v) is 14.6. The molecule has 0 fully saturated rings. The number of hydrogen-bond acceptors (Lipinski definition) is 5. The van der Waals surface area contributed by atoms with E-state index in [4.69, 9.17) is 16.3 Å². The van der Waals surface area contributed by atoms with Crippen molar-refractivity contribution in [3.8, 4) is 5.75 Å². The van der Waals surface area contributed by atoms with Crippen molar-refractivity contribution in [3.63, 3.8) is 0 Å². The van der Waals surface area contributed by atoms with Gasteiger partial charge in [0.2, 0.25) is 5.95 Å². The first-order valence-corrected chi connectivity index (χ1v) is 8.29. The molecular weight excluding hydrogens is 336 g/mol. The Hall–Kier alpha value is -2.79. The van der Waals surface area contributed by atoms with Crippen LogP contribution in [0.3, 0.4) is 0 Å². The number of hydrogen-bond donors (Lipinski definition) is 2. The van der Waals surface area contributed by atoms with E-state index in [9.17, 15) is 0 Å². The van der Waals surface area contributed by atoms with Crippen LogP contribution >= 0.6 is 11.6 Å². The average Bonchev–Trinajstić information content (AvgIpc) is 2.67. The molecule has 0 aliphatic rings. The lowest BCUT2D eigenvalue weighted by Gasteiger charge is -2.09. The van der Waals surface area contributed by atoms with Crippen LogP contribution in [0.5, 0.6) is 5.75 Å². The summed E-state index contributed by atoms with van der Waals surface area (Å²) in [6, 6.07) is 17.4. The summed E-state index contributed by atoms with van der Waals surface area (Å²) in [7, 11) is 1.66. The lowest BCUT2D eigenvalue weighted by atomic mass is 10.2. The van der Waals surface area contributed by atoms with Gasteiger partial charge in [0.1, 0.15) is 11.6 Å². The topological polar surface area (TPSA) is 59.1 Å². The van der Waals surface area contributed by atoms with Gasteiger partial charge in [-0.25, -0.2) is 4.98 Å². The second-order valence-corrected chi connectivity index (χ2v) is 5.88. The van der Waals surface area contributed by atoms with Crippen molar-refractivity contribution in [1.29, 1.82) is 0 Å². The van der Waals surface area contributed by atoms with Gasteiger partial charge in [0.05, 0.1) is 7.11 Å². The first-order chi connectivity index (χ1) is 12.2. The highest BCUT2D eigenvalue weighted by molar-refractivity contribution is 6.30. The lowest BCUT2D eigenvalue weighted by molar-refractivity contribution is 0.414. The minimum atomic E-state index is 0.578. The van der Waals surface area contributed by atoms with Crippen LogP contribution in [0.2, 0.25) is 5.02 Å². The van der Waals surface area contributed by atoms with E-state index in [0.717, 1.165) is 27.7 Å². The van der Waals surface area contributed by atoms with E-state index in [1.165, 1.54) is 0 Å². The molecule has 2 N–H and O–H groups in total. The Bertz CT molecular complexity index is 806. The van der Waals surface area contributed by atoms with E-state index in [1.807, 2.05) is 54.6 Å². The van der Waals surface area contributed by atoms with Crippen LogP contribution in [-0.4, -0.2) is 17.1 Å². The summed E-state index contributed by atoms with van der Waals surface area (Å²) in [4.78, 5) is 8.71. The van der Waals surface area contributed by atoms with E-state index in [1.54, 1.807) is 13.3 Å². The second kappa shape index (κ2) is 8.35. The Morgan fingerprint density at radius 1 is 0.880 bits per heavy atom. The van der Waals surface area contributed by atoms with Crippen LogP contribution in [-0.2, 0) is 13.1 Å². The van der Waals surface area contributed by atoms with E-state index in [-0.39, 0.29) is 0 Å². The van der Waals surface area contributed by atoms with Gasteiger partial charge in [-0.2, -0.15) is 4.98 Å². The Morgan fingerprint density at radius 2 is 1.52 bits per heavy atom. The molecule has 3 rings (SSSR count). The van der Waals surface area contributed by atoms with E-state index >= 15 is 0 Å². The SMILES string of the molecule is COc1ccc(CNc2ccnc(NCc3ccc(Cl)cc3)n2)cc1. The van der Waals surface area contributed by atoms with Gasteiger partial charge in [0.25, 0.3) is 0 Å². The summed E-state index contributed by atoms with van der Waals surface area (Å²) in [5.74, 6) is 2.19. The molecule has 0 amide bonds. The molecule has 0 atom stereocenters. The number of nitrogens with zero attached hydrogens (tertiary/aromatic N) is 2. The second-order valence-electron chi connectivity index (χ2n) is 5.45. The zero-order chi connectivity index (χ0) is 17.5. The maximum Gasteiger partial charge on any atom is 0.224 e. The molecule has 0 aliphatic carbocycles. The number of benzene rings is 2. The molecule has 0 unspecified atom stereocenters. The molecule has 0 spiro atoms. The normalized spacial score (nSPS) is 10.3. The molecule has 0 radical (unpaired) electrons. The van der Waals surface area contributed by atoms with Gasteiger partial charge in [-0.05, 0) is 41.5 Å². The van der Waals surface area contributed by atoms with Crippen LogP contribution in [0.15, 0.2) is 60.8 Å². The fourth-order valence-corrected chi connectivity index (χ4v) is 2.39. The Kier molecular flexibility index (Phi) is 5.69. The number of aromatic nitrogens is 2. The van der Waals surface area contributed by atoms with Gasteiger partial charge in [-0.1, -0.05) is 35.9 Å². The third-order valence-electron chi connectivity index (χ3n) is 3.65. The quantitative estimate of drug-likeness (QED) is 0.660. The van der Waals surface area contributed by atoms with Crippen molar-refractivity contribution in [1.82, 2.24) is 9.97 Å². The van der Waals surface area contributed by atoms with Crippen molar-refractivity contribution in [2.24, 2.45) is 0 Å². The summed E-state index contributed by atoms with van der Waals surface area (Å²) in [6.07, 6.45) is 1.73. The number of rotatable bonds is 7. The molecule has 2 aromatic carbocycles. The van der Waals surface area contributed by atoms with Crippen molar-refractivity contribution in [2.75, 3.05) is 17.7 Å². The number of ether oxygens (including phenoxy) is 1. The molecule has 3 aromatic rings. The summed E-state index contributed by atoms with van der Waals surface area (Å²) < 4.78 is 5.16. The summed E-state index contributed by atoms with van der Waals surface area (Å²) in [5, 5.41) is 7.23. The number of nitrogens with one attached hydrogen (secondary N) is 2. The molecular formula is C19H19ClN4O. The van der Waals surface area contributed by atoms with Crippen molar-refractivity contribution in [2.45, 2.75) is 13.1 Å². The summed E-state index contributed by atoms with van der Waals surface area (Å²) in [6.45, 7) is 1.32. The van der Waals surface area contributed by atoms with Crippen LogP contribution in [0.4, 0.5) is 11.8 Å². The molecule has 1 aromatic heterocycles. The van der Waals surface area contributed by atoms with Gasteiger partial charge in [0.15, 0.2) is 0 Å². The maximum atomic E-state index is 5.89. The van der Waals surface area contributed by atoms with E-state index in [0.29, 0.717) is 19.0 Å². The maximum absolute atomic E-state index is 5.89. The molecule has 0 aliphatic heterocycles. The van der Waals surface area contributed by atoms with Crippen molar-refractivity contribution >= 4 is 23.4 Å². The lowest BCUT2D eigenvalue weighted by Crippen LogP contribution is -2.06.